The minimum absolute atomic E-state index is 0.353. The molecule has 2 rings (SSSR count). The number of nitrogens with zero attached hydrogens (tertiary/aromatic N) is 1. The summed E-state index contributed by atoms with van der Waals surface area (Å²) in [5, 5.41) is 0.475. The van der Waals surface area contributed by atoms with Crippen LogP contribution < -0.4 is 5.48 Å². The molecule has 0 spiro atoms. The molecular formula is C13H11F3N2O2S. The van der Waals surface area contributed by atoms with Crippen molar-refractivity contribution in [2.45, 2.75) is 13.1 Å². The summed E-state index contributed by atoms with van der Waals surface area (Å²) in [5.41, 5.74) is 2.47. The van der Waals surface area contributed by atoms with Crippen LogP contribution in [0.3, 0.4) is 0 Å². The highest BCUT2D eigenvalue weighted by Crippen LogP contribution is 2.32. The molecule has 0 bridgehead atoms. The highest BCUT2D eigenvalue weighted by Gasteiger charge is 2.30. The van der Waals surface area contributed by atoms with E-state index in [0.29, 0.717) is 21.1 Å². The largest absolute Gasteiger partial charge is 0.416 e. The third kappa shape index (κ3) is 3.40. The Labute approximate surface area is 122 Å². The van der Waals surface area contributed by atoms with Gasteiger partial charge in [-0.3, -0.25) is 9.63 Å². The summed E-state index contributed by atoms with van der Waals surface area (Å²) in [4.78, 5) is 20.8. The molecule has 8 heteroatoms. The average Bonchev–Trinajstić information content (AvgIpc) is 2.80. The van der Waals surface area contributed by atoms with Crippen molar-refractivity contribution in [3.8, 4) is 10.6 Å². The first-order valence-electron chi connectivity index (χ1n) is 5.81. The number of benzene rings is 1. The van der Waals surface area contributed by atoms with E-state index in [1.807, 2.05) is 0 Å². The number of aryl methyl sites for hydroxylation is 1. The molecule has 0 fully saturated rings. The number of halogens is 3. The molecule has 0 aliphatic carbocycles. The van der Waals surface area contributed by atoms with Gasteiger partial charge in [-0.2, -0.15) is 13.2 Å². The van der Waals surface area contributed by atoms with Crippen molar-refractivity contribution in [3.05, 3.63) is 40.4 Å². The van der Waals surface area contributed by atoms with E-state index >= 15 is 0 Å². The predicted molar refractivity (Wildman–Crippen MR) is 71.8 cm³/mol. The third-order valence-corrected chi connectivity index (χ3v) is 3.86. The highest BCUT2D eigenvalue weighted by molar-refractivity contribution is 7.17. The first-order valence-corrected chi connectivity index (χ1v) is 6.63. The Bertz CT molecular complexity index is 650. The molecule has 112 valence electrons. The minimum atomic E-state index is -4.37. The molecule has 0 saturated heterocycles. The fourth-order valence-electron chi connectivity index (χ4n) is 1.67. The Kier molecular flexibility index (Phi) is 4.29. The first kappa shape index (κ1) is 15.5. The van der Waals surface area contributed by atoms with Gasteiger partial charge in [0.1, 0.15) is 9.88 Å². The van der Waals surface area contributed by atoms with Crippen molar-refractivity contribution >= 4 is 17.2 Å². The number of amides is 1. The van der Waals surface area contributed by atoms with Crippen molar-refractivity contribution in [2.75, 3.05) is 7.11 Å². The Hall–Kier alpha value is -1.93. The van der Waals surface area contributed by atoms with Gasteiger partial charge in [0.2, 0.25) is 0 Å². The Morgan fingerprint density at radius 3 is 2.43 bits per heavy atom. The van der Waals surface area contributed by atoms with Crippen LogP contribution in [-0.2, 0) is 11.0 Å². The molecule has 21 heavy (non-hydrogen) atoms. The summed E-state index contributed by atoms with van der Waals surface area (Å²) >= 11 is 1.09. The zero-order valence-electron chi connectivity index (χ0n) is 11.1. The number of hydrogen-bond donors (Lipinski definition) is 1. The summed E-state index contributed by atoms with van der Waals surface area (Å²) in [6, 6.07) is 4.64. The second kappa shape index (κ2) is 5.82. The van der Waals surface area contributed by atoms with Gasteiger partial charge in [-0.15, -0.1) is 11.3 Å². The van der Waals surface area contributed by atoms with Gasteiger partial charge in [0, 0.05) is 5.56 Å². The van der Waals surface area contributed by atoms with Crippen LogP contribution in [0.25, 0.3) is 10.6 Å². The van der Waals surface area contributed by atoms with Crippen molar-refractivity contribution in [3.63, 3.8) is 0 Å². The molecule has 0 radical (unpaired) electrons. The maximum atomic E-state index is 12.5. The highest BCUT2D eigenvalue weighted by atomic mass is 32.1. The Morgan fingerprint density at radius 2 is 1.90 bits per heavy atom. The van der Waals surface area contributed by atoms with E-state index in [1.54, 1.807) is 6.92 Å². The van der Waals surface area contributed by atoms with Crippen LogP contribution in [0.1, 0.15) is 20.9 Å². The first-order chi connectivity index (χ1) is 9.82. The molecule has 0 atom stereocenters. The molecule has 0 aliphatic heterocycles. The second-order valence-corrected chi connectivity index (χ2v) is 5.14. The van der Waals surface area contributed by atoms with E-state index < -0.39 is 17.6 Å². The normalized spacial score (nSPS) is 11.5. The van der Waals surface area contributed by atoms with E-state index in [-0.39, 0.29) is 0 Å². The van der Waals surface area contributed by atoms with Crippen molar-refractivity contribution in [2.24, 2.45) is 0 Å². The number of carbonyl (C=O) groups excluding carboxylic acids is 1. The molecule has 2 aromatic rings. The standard InChI is InChI=1S/C13H11F3N2O2S/c1-7-10(11(19)18-20-2)21-12(17-7)8-3-5-9(6-4-8)13(14,15)16/h3-6H,1-2H3,(H,18,19). The van der Waals surface area contributed by atoms with E-state index in [0.717, 1.165) is 23.5 Å². The second-order valence-electron chi connectivity index (χ2n) is 4.14. The summed E-state index contributed by atoms with van der Waals surface area (Å²) in [5.74, 6) is -0.439. The maximum absolute atomic E-state index is 12.5. The number of thiazole rings is 1. The lowest BCUT2D eigenvalue weighted by molar-refractivity contribution is -0.137. The van der Waals surface area contributed by atoms with Crippen molar-refractivity contribution < 1.29 is 22.8 Å². The summed E-state index contributed by atoms with van der Waals surface area (Å²) in [6.45, 7) is 1.65. The van der Waals surface area contributed by atoms with Crippen LogP contribution in [0, 0.1) is 6.92 Å². The Balaban J connectivity index is 2.31. The predicted octanol–water partition coefficient (Wildman–Crippen LogP) is 3.43. The molecule has 1 aromatic carbocycles. The van der Waals surface area contributed by atoms with Crippen LogP contribution in [0.15, 0.2) is 24.3 Å². The van der Waals surface area contributed by atoms with E-state index in [2.05, 4.69) is 15.3 Å². The average molecular weight is 316 g/mol. The quantitative estimate of drug-likeness (QED) is 0.883. The monoisotopic (exact) mass is 316 g/mol. The fraction of sp³-hybridized carbons (Fsp3) is 0.231. The molecule has 1 heterocycles. The number of aromatic nitrogens is 1. The number of hydroxylamine groups is 1. The van der Waals surface area contributed by atoms with Gasteiger partial charge in [-0.05, 0) is 19.1 Å². The van der Waals surface area contributed by atoms with Crippen LogP contribution in [0.4, 0.5) is 13.2 Å². The van der Waals surface area contributed by atoms with Gasteiger partial charge in [-0.1, -0.05) is 12.1 Å². The summed E-state index contributed by atoms with van der Waals surface area (Å²) < 4.78 is 37.5. The van der Waals surface area contributed by atoms with Crippen LogP contribution in [-0.4, -0.2) is 18.0 Å². The Morgan fingerprint density at radius 1 is 1.29 bits per heavy atom. The topological polar surface area (TPSA) is 51.2 Å². The van der Waals surface area contributed by atoms with Gasteiger partial charge in [0.05, 0.1) is 18.4 Å². The van der Waals surface area contributed by atoms with Gasteiger partial charge < -0.3 is 0 Å². The summed E-state index contributed by atoms with van der Waals surface area (Å²) in [6.07, 6.45) is -4.37. The smallest absolute Gasteiger partial charge is 0.277 e. The molecular weight excluding hydrogens is 305 g/mol. The number of hydrogen-bond acceptors (Lipinski definition) is 4. The van der Waals surface area contributed by atoms with Gasteiger partial charge >= 0.3 is 6.18 Å². The zero-order chi connectivity index (χ0) is 15.6. The number of carbonyl (C=O) groups is 1. The molecule has 0 saturated carbocycles. The molecule has 1 N–H and O–H groups in total. The lowest BCUT2D eigenvalue weighted by Crippen LogP contribution is -2.21. The maximum Gasteiger partial charge on any atom is 0.416 e. The molecule has 4 nitrogen and oxygen atoms in total. The molecule has 0 aliphatic rings. The van der Waals surface area contributed by atoms with E-state index in [1.165, 1.54) is 19.2 Å². The van der Waals surface area contributed by atoms with Crippen LogP contribution in [0.5, 0.6) is 0 Å². The lowest BCUT2D eigenvalue weighted by atomic mass is 10.1. The van der Waals surface area contributed by atoms with Crippen molar-refractivity contribution in [1.29, 1.82) is 0 Å². The third-order valence-electron chi connectivity index (χ3n) is 2.66. The number of alkyl halides is 3. The van der Waals surface area contributed by atoms with E-state index in [9.17, 15) is 18.0 Å². The summed E-state index contributed by atoms with van der Waals surface area (Å²) in [7, 11) is 1.31. The van der Waals surface area contributed by atoms with Crippen LogP contribution >= 0.6 is 11.3 Å². The van der Waals surface area contributed by atoms with Crippen LogP contribution in [0.2, 0.25) is 0 Å². The lowest BCUT2D eigenvalue weighted by Gasteiger charge is -2.06. The molecule has 1 amide bonds. The SMILES string of the molecule is CONC(=O)c1sc(-c2ccc(C(F)(F)F)cc2)nc1C. The molecule has 1 aromatic heterocycles. The number of nitrogens with one attached hydrogen (secondary N) is 1. The fourth-order valence-corrected chi connectivity index (χ4v) is 2.63. The van der Waals surface area contributed by atoms with E-state index in [4.69, 9.17) is 0 Å². The molecule has 0 unspecified atom stereocenters. The van der Waals surface area contributed by atoms with Gasteiger partial charge in [0.15, 0.2) is 0 Å². The minimum Gasteiger partial charge on any atom is -0.277 e. The van der Waals surface area contributed by atoms with Crippen molar-refractivity contribution in [1.82, 2.24) is 10.5 Å². The number of rotatable bonds is 3. The zero-order valence-corrected chi connectivity index (χ0v) is 11.9. The van der Waals surface area contributed by atoms with Gasteiger partial charge in [0.25, 0.3) is 5.91 Å². The van der Waals surface area contributed by atoms with Gasteiger partial charge in [-0.25, -0.2) is 10.5 Å².